The number of rotatable bonds is 2. The second kappa shape index (κ2) is 3.88. The molecule has 18 heavy (non-hydrogen) atoms. The number of hydrogen-bond donors (Lipinski definition) is 1. The molecule has 1 aromatic rings. The molecule has 1 N–H and O–H groups in total. The largest absolute Gasteiger partial charge is 0.388 e. The highest BCUT2D eigenvalue weighted by Crippen LogP contribution is 2.72. The number of hydrogen-bond acceptors (Lipinski definition) is 1. The van der Waals surface area contributed by atoms with Crippen molar-refractivity contribution in [2.24, 2.45) is 29.6 Å². The van der Waals surface area contributed by atoms with Crippen molar-refractivity contribution in [1.82, 2.24) is 0 Å². The highest BCUT2D eigenvalue weighted by atomic mass is 35.5. The Morgan fingerprint density at radius 1 is 1.06 bits per heavy atom. The van der Waals surface area contributed by atoms with Crippen LogP contribution >= 0.6 is 23.2 Å². The smallest absolute Gasteiger partial charge is 0.0824 e. The fraction of sp³-hybridized carbons (Fsp3) is 0.600. The third-order valence-electron chi connectivity index (χ3n) is 5.44. The molecule has 3 fully saturated rings. The van der Waals surface area contributed by atoms with Gasteiger partial charge >= 0.3 is 0 Å². The molecule has 0 spiro atoms. The lowest BCUT2D eigenvalue weighted by Gasteiger charge is -2.16. The Balaban J connectivity index is 1.58. The van der Waals surface area contributed by atoms with Crippen molar-refractivity contribution in [3.8, 4) is 0 Å². The molecule has 0 aliphatic heterocycles. The van der Waals surface area contributed by atoms with E-state index in [9.17, 15) is 5.11 Å². The Labute approximate surface area is 117 Å². The molecular formula is C15H16Cl2O. The van der Waals surface area contributed by atoms with Crippen LogP contribution < -0.4 is 0 Å². The van der Waals surface area contributed by atoms with Crippen molar-refractivity contribution in [2.45, 2.75) is 25.4 Å². The summed E-state index contributed by atoms with van der Waals surface area (Å²) in [6.45, 7) is 0. The van der Waals surface area contributed by atoms with E-state index in [4.69, 9.17) is 23.2 Å². The van der Waals surface area contributed by atoms with E-state index in [1.807, 2.05) is 12.1 Å². The molecule has 0 radical (unpaired) electrons. The Hall–Kier alpha value is -0.240. The second-order valence-electron chi connectivity index (χ2n) is 6.18. The van der Waals surface area contributed by atoms with Gasteiger partial charge in [-0.1, -0.05) is 29.3 Å². The lowest BCUT2D eigenvalue weighted by molar-refractivity contribution is 0.130. The number of aliphatic hydroxyl groups is 1. The van der Waals surface area contributed by atoms with Crippen LogP contribution in [0.5, 0.6) is 0 Å². The van der Waals surface area contributed by atoms with Gasteiger partial charge in [0, 0.05) is 0 Å². The zero-order valence-corrected chi connectivity index (χ0v) is 11.5. The summed E-state index contributed by atoms with van der Waals surface area (Å²) in [6.07, 6.45) is 3.84. The summed E-state index contributed by atoms with van der Waals surface area (Å²) in [7, 11) is 0. The fourth-order valence-electron chi connectivity index (χ4n) is 4.73. The summed E-state index contributed by atoms with van der Waals surface area (Å²) in [5, 5.41) is 11.6. The predicted octanol–water partition coefficient (Wildman–Crippen LogP) is 4.32. The van der Waals surface area contributed by atoms with Gasteiger partial charge in [-0.05, 0) is 66.5 Å². The zero-order valence-electron chi connectivity index (χ0n) is 10.0. The summed E-state index contributed by atoms with van der Waals surface area (Å²) in [6, 6.07) is 5.52. The Bertz CT molecular complexity index is 485. The number of fused-ring (bicyclic) bond motifs is 5. The molecule has 0 aromatic heterocycles. The Morgan fingerprint density at radius 3 is 2.33 bits per heavy atom. The minimum absolute atomic E-state index is 0.349. The minimum atomic E-state index is -0.349. The molecule has 3 heteroatoms. The third kappa shape index (κ3) is 1.51. The van der Waals surface area contributed by atoms with Gasteiger partial charge in [0.2, 0.25) is 0 Å². The summed E-state index contributed by atoms with van der Waals surface area (Å²) in [4.78, 5) is 0. The highest BCUT2D eigenvalue weighted by Gasteiger charge is 2.66. The van der Waals surface area contributed by atoms with Gasteiger partial charge in [0.15, 0.2) is 0 Å². The quantitative estimate of drug-likeness (QED) is 0.857. The third-order valence-corrected chi connectivity index (χ3v) is 6.18. The van der Waals surface area contributed by atoms with Crippen molar-refractivity contribution in [3.63, 3.8) is 0 Å². The van der Waals surface area contributed by atoms with Crippen LogP contribution in [-0.2, 0) is 0 Å². The van der Waals surface area contributed by atoms with E-state index < -0.39 is 0 Å². The van der Waals surface area contributed by atoms with Crippen molar-refractivity contribution >= 4 is 23.2 Å². The normalized spacial score (nSPS) is 41.8. The van der Waals surface area contributed by atoms with Crippen molar-refractivity contribution in [1.29, 1.82) is 0 Å². The summed E-state index contributed by atoms with van der Waals surface area (Å²) in [5.74, 6) is 3.83. The van der Waals surface area contributed by atoms with Crippen molar-refractivity contribution in [2.75, 3.05) is 0 Å². The first-order chi connectivity index (χ1) is 8.66. The minimum Gasteiger partial charge on any atom is -0.388 e. The number of benzene rings is 1. The van der Waals surface area contributed by atoms with Crippen molar-refractivity contribution in [3.05, 3.63) is 33.8 Å². The van der Waals surface area contributed by atoms with Crippen LogP contribution in [0.3, 0.4) is 0 Å². The topological polar surface area (TPSA) is 20.2 Å². The maximum Gasteiger partial charge on any atom is 0.0824 e. The molecule has 0 saturated heterocycles. The molecule has 0 amide bonds. The van der Waals surface area contributed by atoms with Crippen LogP contribution in [0.25, 0.3) is 0 Å². The molecule has 2 bridgehead atoms. The predicted molar refractivity (Wildman–Crippen MR) is 72.7 cm³/mol. The van der Waals surface area contributed by atoms with Gasteiger partial charge < -0.3 is 5.11 Å². The van der Waals surface area contributed by atoms with Crippen molar-refractivity contribution < 1.29 is 5.11 Å². The van der Waals surface area contributed by atoms with E-state index in [1.165, 1.54) is 19.3 Å². The molecular weight excluding hydrogens is 267 g/mol. The van der Waals surface area contributed by atoms with Crippen LogP contribution in [0.2, 0.25) is 10.0 Å². The van der Waals surface area contributed by atoms with E-state index in [-0.39, 0.29) is 6.10 Å². The van der Waals surface area contributed by atoms with E-state index in [1.54, 1.807) is 6.07 Å². The summed E-state index contributed by atoms with van der Waals surface area (Å²) in [5.41, 5.74) is 0.934. The molecule has 5 unspecified atom stereocenters. The second-order valence-corrected chi connectivity index (χ2v) is 7.00. The highest BCUT2D eigenvalue weighted by molar-refractivity contribution is 6.42. The first-order valence-electron chi connectivity index (χ1n) is 6.80. The Kier molecular flexibility index (Phi) is 2.49. The van der Waals surface area contributed by atoms with Gasteiger partial charge in [-0.25, -0.2) is 0 Å². The number of halogens is 2. The van der Waals surface area contributed by atoms with Crippen LogP contribution in [0.1, 0.15) is 30.9 Å². The van der Waals surface area contributed by atoms with Gasteiger partial charge in [0.05, 0.1) is 16.1 Å². The SMILES string of the molecule is OC(c1ccc(Cl)c(Cl)c1)C1C2C3CCC(C3)C21. The molecule has 96 valence electrons. The van der Waals surface area contributed by atoms with E-state index >= 15 is 0 Å². The van der Waals surface area contributed by atoms with Gasteiger partial charge in [0.1, 0.15) is 0 Å². The van der Waals surface area contributed by atoms with Crippen LogP contribution in [-0.4, -0.2) is 5.11 Å². The molecule has 1 aromatic carbocycles. The van der Waals surface area contributed by atoms with E-state index in [0.29, 0.717) is 16.0 Å². The summed E-state index contributed by atoms with van der Waals surface area (Å²) >= 11 is 11.9. The molecule has 3 aliphatic carbocycles. The van der Waals surface area contributed by atoms with Gasteiger partial charge in [-0.2, -0.15) is 0 Å². The monoisotopic (exact) mass is 282 g/mol. The first-order valence-corrected chi connectivity index (χ1v) is 7.55. The Morgan fingerprint density at radius 2 is 1.72 bits per heavy atom. The molecule has 5 atom stereocenters. The van der Waals surface area contributed by atoms with Crippen LogP contribution in [0, 0.1) is 29.6 Å². The molecule has 4 rings (SSSR count). The van der Waals surface area contributed by atoms with E-state index in [2.05, 4.69) is 0 Å². The van der Waals surface area contributed by atoms with Gasteiger partial charge in [-0.15, -0.1) is 0 Å². The zero-order chi connectivity index (χ0) is 12.4. The van der Waals surface area contributed by atoms with Gasteiger partial charge in [0.25, 0.3) is 0 Å². The first kappa shape index (κ1) is 11.6. The lowest BCUT2D eigenvalue weighted by Crippen LogP contribution is -2.08. The van der Waals surface area contributed by atoms with Crippen LogP contribution in [0.15, 0.2) is 18.2 Å². The fourth-order valence-corrected chi connectivity index (χ4v) is 5.04. The molecule has 1 nitrogen and oxygen atoms in total. The molecule has 0 heterocycles. The summed E-state index contributed by atoms with van der Waals surface area (Å²) < 4.78 is 0. The van der Waals surface area contributed by atoms with Gasteiger partial charge in [-0.3, -0.25) is 0 Å². The maximum absolute atomic E-state index is 10.5. The lowest BCUT2D eigenvalue weighted by atomic mass is 9.95. The average Bonchev–Trinajstić information content (AvgIpc) is 2.80. The molecule has 3 saturated carbocycles. The van der Waals surface area contributed by atoms with E-state index in [0.717, 1.165) is 29.2 Å². The average molecular weight is 283 g/mol. The van der Waals surface area contributed by atoms with Crippen LogP contribution in [0.4, 0.5) is 0 Å². The molecule has 3 aliphatic rings. The number of aliphatic hydroxyl groups excluding tert-OH is 1. The standard InChI is InChI=1S/C15H16Cl2O/c16-10-4-3-9(6-11(10)17)15(18)14-12-7-1-2-8(5-7)13(12)14/h3-4,6-8,12-15,18H,1-2,5H2. The maximum atomic E-state index is 10.5.